The van der Waals surface area contributed by atoms with Crippen LogP contribution in [0.15, 0.2) is 47.1 Å². The van der Waals surface area contributed by atoms with Gasteiger partial charge in [0, 0.05) is 5.69 Å². The summed E-state index contributed by atoms with van der Waals surface area (Å²) in [6.45, 7) is 1.10. The van der Waals surface area contributed by atoms with E-state index in [0.29, 0.717) is 0 Å². The molecule has 2 amide bonds. The number of aliphatic hydroxyl groups is 1. The monoisotopic (exact) mass is 356 g/mol. The van der Waals surface area contributed by atoms with Gasteiger partial charge in [0.1, 0.15) is 11.4 Å². The standard InChI is InChI=1S/C16H15F3N2O4/c1-15(24,12-3-2-8-25-12)9-20-13(22)14(23)21-11-6-4-10(5-7-11)16(17,18)19/h2-8,24H,9H2,1H3,(H,20,22)(H,21,23). The largest absolute Gasteiger partial charge is 0.466 e. The summed E-state index contributed by atoms with van der Waals surface area (Å²) in [6, 6.07) is 6.71. The Bertz CT molecular complexity index is 738. The highest BCUT2D eigenvalue weighted by molar-refractivity contribution is 6.39. The van der Waals surface area contributed by atoms with E-state index in [1.54, 1.807) is 6.07 Å². The molecule has 0 aliphatic rings. The normalized spacial score (nSPS) is 13.8. The first-order valence-electron chi connectivity index (χ1n) is 7.12. The molecule has 3 N–H and O–H groups in total. The number of nitrogens with one attached hydrogen (secondary N) is 2. The van der Waals surface area contributed by atoms with Crippen LogP contribution in [0.4, 0.5) is 18.9 Å². The average molecular weight is 356 g/mol. The lowest BCUT2D eigenvalue weighted by Crippen LogP contribution is -2.43. The van der Waals surface area contributed by atoms with Crippen molar-refractivity contribution in [3.8, 4) is 0 Å². The summed E-state index contributed by atoms with van der Waals surface area (Å²) < 4.78 is 42.4. The Labute approximate surface area is 140 Å². The first-order chi connectivity index (χ1) is 11.6. The van der Waals surface area contributed by atoms with Crippen LogP contribution in [0, 0.1) is 0 Å². The van der Waals surface area contributed by atoms with Gasteiger partial charge in [-0.25, -0.2) is 0 Å². The Morgan fingerprint density at radius 1 is 1.12 bits per heavy atom. The molecule has 1 atom stereocenters. The molecule has 0 fully saturated rings. The zero-order valence-electron chi connectivity index (χ0n) is 13.1. The third-order valence-electron chi connectivity index (χ3n) is 3.32. The molecule has 0 radical (unpaired) electrons. The van der Waals surface area contributed by atoms with Gasteiger partial charge in [0.25, 0.3) is 0 Å². The number of amides is 2. The van der Waals surface area contributed by atoms with Gasteiger partial charge in [0.15, 0.2) is 0 Å². The number of furan rings is 1. The molecule has 25 heavy (non-hydrogen) atoms. The molecule has 0 aliphatic carbocycles. The molecular formula is C16H15F3N2O4. The van der Waals surface area contributed by atoms with Crippen LogP contribution < -0.4 is 10.6 Å². The molecular weight excluding hydrogens is 341 g/mol. The van der Waals surface area contributed by atoms with E-state index in [2.05, 4.69) is 10.6 Å². The smallest absolute Gasteiger partial charge is 0.416 e. The van der Waals surface area contributed by atoms with Crippen LogP contribution in [0.25, 0.3) is 0 Å². The zero-order valence-corrected chi connectivity index (χ0v) is 13.1. The van der Waals surface area contributed by atoms with E-state index in [-0.39, 0.29) is 18.0 Å². The Morgan fingerprint density at radius 3 is 2.28 bits per heavy atom. The first kappa shape index (κ1) is 18.5. The fraction of sp³-hybridized carbons (Fsp3) is 0.250. The minimum atomic E-state index is -4.49. The van der Waals surface area contributed by atoms with E-state index >= 15 is 0 Å². The highest BCUT2D eigenvalue weighted by atomic mass is 19.4. The van der Waals surface area contributed by atoms with Crippen LogP contribution in [0.1, 0.15) is 18.2 Å². The highest BCUT2D eigenvalue weighted by Gasteiger charge is 2.30. The van der Waals surface area contributed by atoms with Gasteiger partial charge in [-0.1, -0.05) is 0 Å². The number of halogens is 3. The Hall–Kier alpha value is -2.81. The first-order valence-corrected chi connectivity index (χ1v) is 7.12. The molecule has 1 aromatic heterocycles. The van der Waals surface area contributed by atoms with Crippen molar-refractivity contribution >= 4 is 17.5 Å². The van der Waals surface area contributed by atoms with Crippen molar-refractivity contribution in [3.63, 3.8) is 0 Å². The van der Waals surface area contributed by atoms with E-state index in [1.165, 1.54) is 19.3 Å². The van der Waals surface area contributed by atoms with Gasteiger partial charge in [-0.05, 0) is 43.3 Å². The Balaban J connectivity index is 1.91. The Kier molecular flexibility index (Phi) is 5.17. The van der Waals surface area contributed by atoms with Crippen molar-refractivity contribution in [2.45, 2.75) is 18.7 Å². The van der Waals surface area contributed by atoms with Crippen LogP contribution in [-0.2, 0) is 21.4 Å². The van der Waals surface area contributed by atoms with Gasteiger partial charge < -0.3 is 20.2 Å². The lowest BCUT2D eigenvalue weighted by Gasteiger charge is -2.20. The second-order valence-corrected chi connectivity index (χ2v) is 5.46. The van der Waals surface area contributed by atoms with Gasteiger partial charge in [-0.15, -0.1) is 0 Å². The maximum absolute atomic E-state index is 12.5. The maximum atomic E-state index is 12.5. The van der Waals surface area contributed by atoms with Gasteiger partial charge in [-0.2, -0.15) is 13.2 Å². The predicted octanol–water partition coefficient (Wildman–Crippen LogP) is 2.26. The second kappa shape index (κ2) is 6.98. The van der Waals surface area contributed by atoms with Crippen LogP contribution in [0.3, 0.4) is 0 Å². The summed E-state index contributed by atoms with van der Waals surface area (Å²) in [5.41, 5.74) is -2.36. The lowest BCUT2D eigenvalue weighted by atomic mass is 10.0. The van der Waals surface area contributed by atoms with Crippen LogP contribution in [0.2, 0.25) is 0 Å². The van der Waals surface area contributed by atoms with Gasteiger partial charge in [0.05, 0.1) is 18.4 Å². The van der Waals surface area contributed by atoms with Gasteiger partial charge >= 0.3 is 18.0 Å². The van der Waals surface area contributed by atoms with Crippen molar-refractivity contribution in [2.24, 2.45) is 0 Å². The van der Waals surface area contributed by atoms with E-state index in [0.717, 1.165) is 24.3 Å². The number of carbonyl (C=O) groups is 2. The molecule has 2 rings (SSSR count). The number of carbonyl (C=O) groups excluding carboxylic acids is 2. The second-order valence-electron chi connectivity index (χ2n) is 5.46. The molecule has 134 valence electrons. The molecule has 0 bridgehead atoms. The summed E-state index contributed by atoms with van der Waals surface area (Å²) >= 11 is 0. The summed E-state index contributed by atoms with van der Waals surface area (Å²) in [4.78, 5) is 23.5. The molecule has 6 nitrogen and oxygen atoms in total. The predicted molar refractivity (Wildman–Crippen MR) is 81.4 cm³/mol. The fourth-order valence-corrected chi connectivity index (χ4v) is 1.94. The molecule has 1 unspecified atom stereocenters. The molecule has 0 saturated heterocycles. The van der Waals surface area contributed by atoms with Gasteiger partial charge in [-0.3, -0.25) is 9.59 Å². The zero-order chi connectivity index (χ0) is 18.7. The number of hydrogen-bond donors (Lipinski definition) is 3. The van der Waals surface area contributed by atoms with E-state index in [1.807, 2.05) is 0 Å². The molecule has 2 aromatic rings. The van der Waals surface area contributed by atoms with Crippen molar-refractivity contribution in [1.29, 1.82) is 0 Å². The quantitative estimate of drug-likeness (QED) is 0.733. The highest BCUT2D eigenvalue weighted by Crippen LogP contribution is 2.29. The summed E-state index contributed by atoms with van der Waals surface area (Å²) in [6.07, 6.45) is -3.14. The average Bonchev–Trinajstić information content (AvgIpc) is 3.07. The summed E-state index contributed by atoms with van der Waals surface area (Å²) in [7, 11) is 0. The van der Waals surface area contributed by atoms with E-state index < -0.39 is 29.2 Å². The Morgan fingerprint density at radius 2 is 1.76 bits per heavy atom. The molecule has 9 heteroatoms. The van der Waals surface area contributed by atoms with Crippen molar-refractivity contribution < 1.29 is 32.3 Å². The number of benzene rings is 1. The molecule has 1 heterocycles. The van der Waals surface area contributed by atoms with E-state index in [9.17, 15) is 27.9 Å². The van der Waals surface area contributed by atoms with E-state index in [4.69, 9.17) is 4.42 Å². The van der Waals surface area contributed by atoms with Crippen molar-refractivity contribution in [3.05, 3.63) is 54.0 Å². The number of hydrogen-bond acceptors (Lipinski definition) is 4. The van der Waals surface area contributed by atoms with Crippen LogP contribution >= 0.6 is 0 Å². The number of rotatable bonds is 4. The molecule has 0 aliphatic heterocycles. The topological polar surface area (TPSA) is 91.6 Å². The SMILES string of the molecule is CC(O)(CNC(=O)C(=O)Nc1ccc(C(F)(F)F)cc1)c1ccco1. The fourth-order valence-electron chi connectivity index (χ4n) is 1.94. The summed E-state index contributed by atoms with van der Waals surface area (Å²) in [5, 5.41) is 14.5. The number of alkyl halides is 3. The van der Waals surface area contributed by atoms with Crippen LogP contribution in [0.5, 0.6) is 0 Å². The van der Waals surface area contributed by atoms with Gasteiger partial charge in [0.2, 0.25) is 0 Å². The minimum absolute atomic E-state index is 0.0333. The third kappa shape index (κ3) is 4.83. The van der Waals surface area contributed by atoms with Crippen LogP contribution in [-0.4, -0.2) is 23.5 Å². The minimum Gasteiger partial charge on any atom is -0.466 e. The third-order valence-corrected chi connectivity index (χ3v) is 3.32. The molecule has 1 aromatic carbocycles. The van der Waals surface area contributed by atoms with Crippen molar-refractivity contribution in [2.75, 3.05) is 11.9 Å². The lowest BCUT2D eigenvalue weighted by molar-refractivity contribution is -0.137. The number of anilines is 1. The summed E-state index contributed by atoms with van der Waals surface area (Å²) in [5.74, 6) is -1.92. The maximum Gasteiger partial charge on any atom is 0.416 e. The molecule has 0 spiro atoms. The molecule has 0 saturated carbocycles. The van der Waals surface area contributed by atoms with Crippen molar-refractivity contribution in [1.82, 2.24) is 5.32 Å².